The Morgan fingerprint density at radius 2 is 1.92 bits per heavy atom. The van der Waals surface area contributed by atoms with Crippen LogP contribution in [-0.2, 0) is 16.0 Å². The highest BCUT2D eigenvalue weighted by Gasteiger charge is 2.42. The van der Waals surface area contributed by atoms with Crippen LogP contribution >= 0.6 is 0 Å². The molecule has 1 N–H and O–H groups in total. The van der Waals surface area contributed by atoms with Crippen LogP contribution in [0.1, 0.15) is 45.7 Å². The molecule has 2 aromatic rings. The fourth-order valence-electron chi connectivity index (χ4n) is 2.93. The minimum atomic E-state index is -1.30. The molecule has 1 unspecified atom stereocenters. The Kier molecular flexibility index (Phi) is 4.17. The van der Waals surface area contributed by atoms with Crippen molar-refractivity contribution in [2.45, 2.75) is 32.8 Å². The Balaban J connectivity index is 1.86. The number of anilines is 1. The summed E-state index contributed by atoms with van der Waals surface area (Å²) in [5.41, 5.74) is 2.00. The van der Waals surface area contributed by atoms with Crippen LogP contribution in [0.4, 0.5) is 5.69 Å². The number of Topliss-reactive ketones (excluding diaryl/α,β-unsaturated/α-hetero) is 1. The van der Waals surface area contributed by atoms with E-state index in [1.54, 1.807) is 37.3 Å². The number of amides is 1. The van der Waals surface area contributed by atoms with E-state index in [4.69, 9.17) is 4.74 Å². The number of hydrogen-bond acceptors (Lipinski definition) is 4. The third-order valence-corrected chi connectivity index (χ3v) is 4.33. The molecule has 25 heavy (non-hydrogen) atoms. The van der Waals surface area contributed by atoms with Gasteiger partial charge in [-0.15, -0.1) is 0 Å². The molecule has 2 aromatic carbocycles. The normalized spacial score (nSPS) is 18.9. The quantitative estimate of drug-likeness (QED) is 0.689. The Labute approximate surface area is 146 Å². The SMILES string of the molecule is CC(=O)c1cccc(NC(=O)C2(C)Cc3cc(C)ccc3C(=O)O2)c1. The van der Waals surface area contributed by atoms with Gasteiger partial charge in [0, 0.05) is 17.7 Å². The predicted molar refractivity (Wildman–Crippen MR) is 93.8 cm³/mol. The van der Waals surface area contributed by atoms with Gasteiger partial charge in [0.25, 0.3) is 5.91 Å². The van der Waals surface area contributed by atoms with Crippen LogP contribution in [0.25, 0.3) is 0 Å². The van der Waals surface area contributed by atoms with Gasteiger partial charge in [0.2, 0.25) is 0 Å². The molecule has 1 aliphatic rings. The standard InChI is InChI=1S/C20H19NO4/c1-12-7-8-17-15(9-12)11-20(3,25-18(17)23)19(24)21-16-6-4-5-14(10-16)13(2)22/h4-10H,11H2,1-3H3,(H,21,24). The lowest BCUT2D eigenvalue weighted by Gasteiger charge is -2.33. The van der Waals surface area contributed by atoms with E-state index >= 15 is 0 Å². The summed E-state index contributed by atoms with van der Waals surface area (Å²) in [7, 11) is 0. The van der Waals surface area contributed by atoms with Crippen molar-refractivity contribution >= 4 is 23.3 Å². The molecule has 0 radical (unpaired) electrons. The maximum atomic E-state index is 12.7. The molecular weight excluding hydrogens is 318 g/mol. The van der Waals surface area contributed by atoms with Gasteiger partial charge in [-0.05, 0) is 44.5 Å². The third-order valence-electron chi connectivity index (χ3n) is 4.33. The molecule has 5 nitrogen and oxygen atoms in total. The number of nitrogens with one attached hydrogen (secondary N) is 1. The zero-order valence-electron chi connectivity index (χ0n) is 14.4. The van der Waals surface area contributed by atoms with Crippen molar-refractivity contribution in [1.82, 2.24) is 0 Å². The molecule has 3 rings (SSSR count). The molecule has 0 bridgehead atoms. The minimum absolute atomic E-state index is 0.0872. The van der Waals surface area contributed by atoms with E-state index in [9.17, 15) is 14.4 Å². The van der Waals surface area contributed by atoms with E-state index in [2.05, 4.69) is 5.32 Å². The van der Waals surface area contributed by atoms with E-state index in [0.717, 1.165) is 11.1 Å². The topological polar surface area (TPSA) is 72.5 Å². The highest BCUT2D eigenvalue weighted by Crippen LogP contribution is 2.30. The summed E-state index contributed by atoms with van der Waals surface area (Å²) in [6.45, 7) is 5.00. The Bertz CT molecular complexity index is 887. The first kappa shape index (κ1) is 16.9. The lowest BCUT2D eigenvalue weighted by atomic mass is 9.88. The number of carbonyl (C=O) groups is 3. The Hall–Kier alpha value is -2.95. The van der Waals surface area contributed by atoms with Gasteiger partial charge in [-0.25, -0.2) is 4.79 Å². The van der Waals surface area contributed by atoms with Gasteiger partial charge in [0.15, 0.2) is 11.4 Å². The predicted octanol–water partition coefficient (Wildman–Crippen LogP) is 3.31. The second-order valence-electron chi connectivity index (χ2n) is 6.55. The number of esters is 1. The Morgan fingerprint density at radius 3 is 2.64 bits per heavy atom. The number of ether oxygens (including phenoxy) is 1. The monoisotopic (exact) mass is 337 g/mol. The second kappa shape index (κ2) is 6.16. The maximum absolute atomic E-state index is 12.7. The van der Waals surface area contributed by atoms with E-state index in [-0.39, 0.29) is 5.78 Å². The van der Waals surface area contributed by atoms with Gasteiger partial charge in [0.05, 0.1) is 5.56 Å². The average Bonchev–Trinajstić information content (AvgIpc) is 2.54. The largest absolute Gasteiger partial charge is 0.445 e. The lowest BCUT2D eigenvalue weighted by Crippen LogP contribution is -2.48. The molecule has 0 saturated heterocycles. The van der Waals surface area contributed by atoms with Crippen LogP contribution in [0.2, 0.25) is 0 Å². The number of benzene rings is 2. The summed E-state index contributed by atoms with van der Waals surface area (Å²) in [4.78, 5) is 36.5. The van der Waals surface area contributed by atoms with Crippen LogP contribution in [0.5, 0.6) is 0 Å². The number of aryl methyl sites for hydroxylation is 1. The number of carbonyl (C=O) groups excluding carboxylic acids is 3. The first-order valence-corrected chi connectivity index (χ1v) is 8.04. The molecule has 5 heteroatoms. The zero-order chi connectivity index (χ0) is 18.2. The highest BCUT2D eigenvalue weighted by molar-refractivity contribution is 6.03. The molecule has 0 spiro atoms. The van der Waals surface area contributed by atoms with Crippen molar-refractivity contribution in [1.29, 1.82) is 0 Å². The van der Waals surface area contributed by atoms with Crippen molar-refractivity contribution in [3.63, 3.8) is 0 Å². The molecule has 0 aliphatic carbocycles. The van der Waals surface area contributed by atoms with Gasteiger partial charge in [0.1, 0.15) is 0 Å². The summed E-state index contributed by atoms with van der Waals surface area (Å²) < 4.78 is 5.43. The van der Waals surface area contributed by atoms with Crippen molar-refractivity contribution in [3.05, 3.63) is 64.7 Å². The van der Waals surface area contributed by atoms with Crippen LogP contribution < -0.4 is 5.32 Å². The van der Waals surface area contributed by atoms with Crippen molar-refractivity contribution in [2.24, 2.45) is 0 Å². The molecule has 1 atom stereocenters. The first-order chi connectivity index (χ1) is 11.8. The summed E-state index contributed by atoms with van der Waals surface area (Å²) in [5.74, 6) is -1.01. The second-order valence-corrected chi connectivity index (χ2v) is 6.55. The summed E-state index contributed by atoms with van der Waals surface area (Å²) in [6, 6.07) is 12.1. The third kappa shape index (κ3) is 3.31. The van der Waals surface area contributed by atoms with Gasteiger partial charge in [-0.2, -0.15) is 0 Å². The molecule has 128 valence electrons. The van der Waals surface area contributed by atoms with Crippen molar-refractivity contribution in [2.75, 3.05) is 5.32 Å². The average molecular weight is 337 g/mol. The summed E-state index contributed by atoms with van der Waals surface area (Å²) in [5, 5.41) is 2.75. The fraction of sp³-hybridized carbons (Fsp3) is 0.250. The zero-order valence-corrected chi connectivity index (χ0v) is 14.4. The van der Waals surface area contributed by atoms with Crippen LogP contribution in [0.3, 0.4) is 0 Å². The van der Waals surface area contributed by atoms with Gasteiger partial charge in [-0.1, -0.05) is 29.8 Å². The van der Waals surface area contributed by atoms with Gasteiger partial charge >= 0.3 is 5.97 Å². The van der Waals surface area contributed by atoms with Crippen LogP contribution in [-0.4, -0.2) is 23.3 Å². The van der Waals surface area contributed by atoms with Crippen molar-refractivity contribution in [3.8, 4) is 0 Å². The van der Waals surface area contributed by atoms with Crippen LogP contribution in [0, 0.1) is 6.92 Å². The number of fused-ring (bicyclic) bond motifs is 1. The minimum Gasteiger partial charge on any atom is -0.445 e. The number of rotatable bonds is 3. The fourth-order valence-corrected chi connectivity index (χ4v) is 2.93. The number of cyclic esters (lactones) is 1. The van der Waals surface area contributed by atoms with Gasteiger partial charge < -0.3 is 10.1 Å². The maximum Gasteiger partial charge on any atom is 0.339 e. The highest BCUT2D eigenvalue weighted by atomic mass is 16.6. The molecule has 1 amide bonds. The summed E-state index contributed by atoms with van der Waals surface area (Å²) >= 11 is 0. The molecule has 1 aliphatic heterocycles. The van der Waals surface area contributed by atoms with E-state index in [1.165, 1.54) is 6.92 Å². The molecule has 1 heterocycles. The first-order valence-electron chi connectivity index (χ1n) is 8.04. The van der Waals surface area contributed by atoms with Gasteiger partial charge in [-0.3, -0.25) is 9.59 Å². The molecule has 0 saturated carbocycles. The molecule has 0 fully saturated rings. The number of ketones is 1. The van der Waals surface area contributed by atoms with E-state index in [0.29, 0.717) is 23.2 Å². The lowest BCUT2D eigenvalue weighted by molar-refractivity contribution is -0.134. The summed E-state index contributed by atoms with van der Waals surface area (Å²) in [6.07, 6.45) is 0.300. The Morgan fingerprint density at radius 1 is 1.16 bits per heavy atom. The van der Waals surface area contributed by atoms with E-state index < -0.39 is 17.5 Å². The molecule has 0 aromatic heterocycles. The number of hydrogen-bond donors (Lipinski definition) is 1. The smallest absolute Gasteiger partial charge is 0.339 e. The van der Waals surface area contributed by atoms with Crippen molar-refractivity contribution < 1.29 is 19.1 Å². The molecular formula is C20H19NO4. The van der Waals surface area contributed by atoms with E-state index in [1.807, 2.05) is 19.1 Å². The van der Waals surface area contributed by atoms with Crippen LogP contribution in [0.15, 0.2) is 42.5 Å².